The predicted molar refractivity (Wildman–Crippen MR) is 56.0 cm³/mol. The molecule has 0 spiro atoms. The first kappa shape index (κ1) is 8.74. The van der Waals surface area contributed by atoms with Crippen LogP contribution in [0.1, 0.15) is 0 Å². The molecule has 14 heavy (non-hydrogen) atoms. The Labute approximate surface area is 82.6 Å². The molecule has 0 aliphatic rings. The molecular weight excluding hydrogens is 176 g/mol. The van der Waals surface area contributed by atoms with Gasteiger partial charge in [0, 0.05) is 25.3 Å². The highest BCUT2D eigenvalue weighted by Gasteiger charge is 2.01. The minimum Gasteiger partial charge on any atom is -0.388 e. The summed E-state index contributed by atoms with van der Waals surface area (Å²) in [7, 11) is 3.76. The maximum Gasteiger partial charge on any atom is 0.113 e. The third-order valence-corrected chi connectivity index (χ3v) is 2.05. The fraction of sp³-hybridized carbons (Fsp3) is 0.200. The first-order chi connectivity index (χ1) is 6.79. The zero-order valence-corrected chi connectivity index (χ0v) is 8.23. The van der Waals surface area contributed by atoms with Crippen molar-refractivity contribution in [3.05, 3.63) is 30.5 Å². The van der Waals surface area contributed by atoms with Crippen LogP contribution in [-0.4, -0.2) is 22.0 Å². The van der Waals surface area contributed by atoms with Gasteiger partial charge in [-0.25, -0.2) is 0 Å². The zero-order chi connectivity index (χ0) is 9.97. The quantitative estimate of drug-likeness (QED) is 0.777. The lowest BCUT2D eigenvalue weighted by atomic mass is 10.1. The van der Waals surface area contributed by atoms with E-state index >= 15 is 0 Å². The van der Waals surface area contributed by atoms with Crippen molar-refractivity contribution in [1.82, 2.24) is 15.0 Å². The van der Waals surface area contributed by atoms with Gasteiger partial charge in [-0.05, 0) is 12.1 Å². The maximum absolute atomic E-state index is 4.05. The summed E-state index contributed by atoms with van der Waals surface area (Å²) in [6.45, 7) is 0. The summed E-state index contributed by atoms with van der Waals surface area (Å²) in [6, 6.07) is 8.07. The van der Waals surface area contributed by atoms with E-state index in [1.807, 2.05) is 44.6 Å². The Balaban J connectivity index is 2.41. The molecule has 0 aliphatic heterocycles. The van der Waals surface area contributed by atoms with Gasteiger partial charge in [-0.15, -0.1) is 5.10 Å². The summed E-state index contributed by atoms with van der Waals surface area (Å²) >= 11 is 0. The molecule has 4 nitrogen and oxygen atoms in total. The average Bonchev–Trinajstić information content (AvgIpc) is 2.65. The number of anilines is 1. The molecule has 1 aromatic carbocycles. The third-order valence-electron chi connectivity index (χ3n) is 2.05. The highest BCUT2D eigenvalue weighted by molar-refractivity contribution is 5.63. The topological polar surface area (TPSA) is 42.7 Å². The summed E-state index contributed by atoms with van der Waals surface area (Å²) in [5.74, 6) is 0. The number of aromatic nitrogens is 3. The molecule has 1 aromatic heterocycles. The van der Waals surface area contributed by atoms with Gasteiger partial charge < -0.3 is 5.32 Å². The Morgan fingerprint density at radius 2 is 2.21 bits per heavy atom. The lowest BCUT2D eigenvalue weighted by Gasteiger charge is -2.00. The van der Waals surface area contributed by atoms with E-state index in [1.54, 1.807) is 4.68 Å². The molecule has 2 rings (SSSR count). The van der Waals surface area contributed by atoms with E-state index in [1.165, 1.54) is 0 Å². The van der Waals surface area contributed by atoms with E-state index in [-0.39, 0.29) is 0 Å². The van der Waals surface area contributed by atoms with Crippen LogP contribution in [0.3, 0.4) is 0 Å². The third kappa shape index (κ3) is 1.59. The molecule has 0 fully saturated rings. The van der Waals surface area contributed by atoms with E-state index in [4.69, 9.17) is 0 Å². The summed E-state index contributed by atoms with van der Waals surface area (Å²) in [6.07, 6.45) is 1.90. The van der Waals surface area contributed by atoms with Crippen molar-refractivity contribution in [1.29, 1.82) is 0 Å². The standard InChI is InChI=1S/C10H12N4/c1-11-9-5-3-4-8(6-9)10-7-14(2)13-12-10/h3-7,11H,1-2H3. The normalized spacial score (nSPS) is 10.1. The average molecular weight is 188 g/mol. The Hall–Kier alpha value is -1.84. The minimum absolute atomic E-state index is 0.893. The summed E-state index contributed by atoms with van der Waals surface area (Å²) in [5.41, 5.74) is 3.04. The van der Waals surface area contributed by atoms with Gasteiger partial charge in [0.15, 0.2) is 0 Å². The zero-order valence-electron chi connectivity index (χ0n) is 8.23. The SMILES string of the molecule is CNc1cccc(-c2cn(C)nn2)c1. The number of rotatable bonds is 2. The largest absolute Gasteiger partial charge is 0.388 e. The Kier molecular flexibility index (Phi) is 2.18. The van der Waals surface area contributed by atoms with Gasteiger partial charge in [-0.3, -0.25) is 4.68 Å². The number of nitrogens with one attached hydrogen (secondary N) is 1. The molecule has 2 aromatic rings. The van der Waals surface area contributed by atoms with Gasteiger partial charge in [0.2, 0.25) is 0 Å². The first-order valence-electron chi connectivity index (χ1n) is 4.44. The smallest absolute Gasteiger partial charge is 0.113 e. The van der Waals surface area contributed by atoms with Gasteiger partial charge in [-0.1, -0.05) is 17.3 Å². The molecule has 0 saturated carbocycles. The maximum atomic E-state index is 4.05. The predicted octanol–water partition coefficient (Wildman–Crippen LogP) is 1.52. The second-order valence-electron chi connectivity index (χ2n) is 3.11. The van der Waals surface area contributed by atoms with E-state index in [0.29, 0.717) is 0 Å². The minimum atomic E-state index is 0.893. The summed E-state index contributed by atoms with van der Waals surface area (Å²) in [5, 5.41) is 11.0. The van der Waals surface area contributed by atoms with Crippen molar-refractivity contribution >= 4 is 5.69 Å². The Morgan fingerprint density at radius 3 is 2.86 bits per heavy atom. The van der Waals surface area contributed by atoms with Crippen molar-refractivity contribution in [2.24, 2.45) is 7.05 Å². The van der Waals surface area contributed by atoms with E-state index in [2.05, 4.69) is 15.6 Å². The number of nitrogens with zero attached hydrogens (tertiary/aromatic N) is 3. The molecule has 0 aliphatic carbocycles. The number of aryl methyl sites for hydroxylation is 1. The van der Waals surface area contributed by atoms with Gasteiger partial charge in [0.25, 0.3) is 0 Å². The number of hydrogen-bond donors (Lipinski definition) is 1. The molecular formula is C10H12N4. The van der Waals surface area contributed by atoms with Gasteiger partial charge >= 0.3 is 0 Å². The van der Waals surface area contributed by atoms with Crippen LogP contribution in [-0.2, 0) is 7.05 Å². The van der Waals surface area contributed by atoms with Crippen LogP contribution < -0.4 is 5.32 Å². The van der Waals surface area contributed by atoms with E-state index in [9.17, 15) is 0 Å². The fourth-order valence-electron chi connectivity index (χ4n) is 1.31. The molecule has 0 saturated heterocycles. The monoisotopic (exact) mass is 188 g/mol. The Morgan fingerprint density at radius 1 is 1.36 bits per heavy atom. The molecule has 0 atom stereocenters. The highest BCUT2D eigenvalue weighted by atomic mass is 15.4. The first-order valence-corrected chi connectivity index (χ1v) is 4.44. The van der Waals surface area contributed by atoms with Crippen molar-refractivity contribution in [3.8, 4) is 11.3 Å². The molecule has 4 heteroatoms. The molecule has 0 unspecified atom stereocenters. The molecule has 1 heterocycles. The van der Waals surface area contributed by atoms with Gasteiger partial charge in [-0.2, -0.15) is 0 Å². The van der Waals surface area contributed by atoms with Crippen molar-refractivity contribution in [2.45, 2.75) is 0 Å². The molecule has 72 valence electrons. The van der Waals surface area contributed by atoms with Crippen LogP contribution in [0, 0.1) is 0 Å². The van der Waals surface area contributed by atoms with Crippen molar-refractivity contribution in [3.63, 3.8) is 0 Å². The van der Waals surface area contributed by atoms with E-state index < -0.39 is 0 Å². The molecule has 1 N–H and O–H groups in total. The molecule has 0 amide bonds. The number of hydrogen-bond acceptors (Lipinski definition) is 3. The van der Waals surface area contributed by atoms with Crippen LogP contribution in [0.25, 0.3) is 11.3 Å². The van der Waals surface area contributed by atoms with Crippen molar-refractivity contribution in [2.75, 3.05) is 12.4 Å². The van der Waals surface area contributed by atoms with E-state index in [0.717, 1.165) is 16.9 Å². The van der Waals surface area contributed by atoms with Crippen LogP contribution in [0.15, 0.2) is 30.5 Å². The lowest BCUT2D eigenvalue weighted by Crippen LogP contribution is -1.87. The fourth-order valence-corrected chi connectivity index (χ4v) is 1.31. The van der Waals surface area contributed by atoms with Crippen LogP contribution in [0.4, 0.5) is 5.69 Å². The van der Waals surface area contributed by atoms with Gasteiger partial charge in [0.1, 0.15) is 5.69 Å². The van der Waals surface area contributed by atoms with Crippen molar-refractivity contribution < 1.29 is 0 Å². The van der Waals surface area contributed by atoms with Crippen LogP contribution in [0.5, 0.6) is 0 Å². The summed E-state index contributed by atoms with van der Waals surface area (Å²) < 4.78 is 1.70. The molecule has 0 radical (unpaired) electrons. The lowest BCUT2D eigenvalue weighted by molar-refractivity contribution is 0.715. The molecule has 0 bridgehead atoms. The summed E-state index contributed by atoms with van der Waals surface area (Å²) in [4.78, 5) is 0. The number of benzene rings is 1. The second-order valence-corrected chi connectivity index (χ2v) is 3.11. The Bertz CT molecular complexity index is 433. The van der Waals surface area contributed by atoms with Crippen LogP contribution in [0.2, 0.25) is 0 Å². The highest BCUT2D eigenvalue weighted by Crippen LogP contribution is 2.19. The second kappa shape index (κ2) is 3.49. The van der Waals surface area contributed by atoms with Gasteiger partial charge in [0.05, 0.1) is 6.20 Å². The van der Waals surface area contributed by atoms with Crippen LogP contribution >= 0.6 is 0 Å².